The van der Waals surface area contributed by atoms with Gasteiger partial charge in [0.05, 0.1) is 22.3 Å². The average molecular weight is 368 g/mol. The van der Waals surface area contributed by atoms with Gasteiger partial charge < -0.3 is 10.2 Å². The van der Waals surface area contributed by atoms with Gasteiger partial charge >= 0.3 is 0 Å². The fraction of sp³-hybridized carbons (Fsp3) is 0.400. The Morgan fingerprint density at radius 1 is 1.40 bits per heavy atom. The average Bonchev–Trinajstić information content (AvgIpc) is 3.04. The summed E-state index contributed by atoms with van der Waals surface area (Å²) in [4.78, 5) is 32.1. The van der Waals surface area contributed by atoms with Gasteiger partial charge in [-0.1, -0.05) is 11.6 Å². The largest absolute Gasteiger partial charge is 0.350 e. The van der Waals surface area contributed by atoms with E-state index in [1.165, 1.54) is 12.4 Å². The van der Waals surface area contributed by atoms with Crippen LogP contribution in [0.5, 0.6) is 0 Å². The third-order valence-corrected chi connectivity index (χ3v) is 4.33. The van der Waals surface area contributed by atoms with Crippen LogP contribution < -0.4 is 5.32 Å². The first-order valence-electron chi connectivity index (χ1n) is 7.71. The molecule has 1 aromatic heterocycles. The molecule has 0 saturated carbocycles. The van der Waals surface area contributed by atoms with Crippen molar-refractivity contribution in [2.24, 2.45) is 0 Å². The third-order valence-electron chi connectivity index (χ3n) is 4.13. The number of carbonyl (C=O) groups is 1. The fourth-order valence-electron chi connectivity index (χ4n) is 2.86. The van der Waals surface area contributed by atoms with Crippen molar-refractivity contribution < 1.29 is 14.1 Å². The van der Waals surface area contributed by atoms with E-state index < -0.39 is 16.4 Å². The monoisotopic (exact) mass is 367 g/mol. The molecule has 1 N–H and O–H groups in total. The van der Waals surface area contributed by atoms with Crippen LogP contribution in [0.3, 0.4) is 0 Å². The number of anilines is 1. The number of likely N-dealkylation sites (tertiary alicyclic amines) is 1. The van der Waals surface area contributed by atoms with Gasteiger partial charge in [-0.25, -0.2) is 9.97 Å². The van der Waals surface area contributed by atoms with Crippen molar-refractivity contribution in [3.8, 4) is 0 Å². The predicted octanol–water partition coefficient (Wildman–Crippen LogP) is 2.32. The molecule has 2 heterocycles. The van der Waals surface area contributed by atoms with Crippen molar-refractivity contribution in [2.45, 2.75) is 25.3 Å². The molecule has 10 heteroatoms. The van der Waals surface area contributed by atoms with Gasteiger partial charge in [0, 0.05) is 31.1 Å². The Morgan fingerprint density at radius 3 is 2.76 bits per heavy atom. The lowest BCUT2D eigenvalue weighted by molar-refractivity contribution is -0.430. The Hall–Kier alpha value is -2.55. The van der Waals surface area contributed by atoms with Crippen LogP contribution in [0.4, 0.5) is 10.3 Å². The topological polar surface area (TPSA) is 101 Å². The van der Waals surface area contributed by atoms with Crippen molar-refractivity contribution in [3.05, 3.63) is 50.7 Å². The number of hydrogen-bond acceptors (Lipinski definition) is 6. The molecular weight excluding hydrogens is 353 g/mol. The molecule has 2 aliphatic rings. The van der Waals surface area contributed by atoms with E-state index in [0.717, 1.165) is 6.08 Å². The maximum absolute atomic E-state index is 13.7. The van der Waals surface area contributed by atoms with Crippen LogP contribution in [-0.2, 0) is 4.79 Å². The first-order valence-corrected chi connectivity index (χ1v) is 8.09. The molecule has 0 radical (unpaired) electrons. The number of allylic oxidation sites excluding steroid dienone is 3. The van der Waals surface area contributed by atoms with Crippen LogP contribution in [0.2, 0.25) is 5.02 Å². The fourth-order valence-corrected chi connectivity index (χ4v) is 2.96. The number of rotatable bonds is 4. The van der Waals surface area contributed by atoms with Crippen LogP contribution >= 0.6 is 11.6 Å². The molecule has 1 atom stereocenters. The molecule has 1 aliphatic heterocycles. The van der Waals surface area contributed by atoms with Gasteiger partial charge in [0.25, 0.3) is 5.70 Å². The quantitative estimate of drug-likeness (QED) is 0.647. The normalized spacial score (nSPS) is 20.5. The molecule has 0 spiro atoms. The Kier molecular flexibility index (Phi) is 4.93. The van der Waals surface area contributed by atoms with E-state index in [4.69, 9.17) is 11.6 Å². The van der Waals surface area contributed by atoms with Crippen molar-refractivity contribution in [2.75, 3.05) is 18.4 Å². The van der Waals surface area contributed by atoms with Gasteiger partial charge in [-0.2, -0.15) is 4.39 Å². The maximum Gasteiger partial charge on any atom is 0.281 e. The first-order chi connectivity index (χ1) is 11.9. The van der Waals surface area contributed by atoms with Gasteiger partial charge in [-0.3, -0.25) is 14.9 Å². The van der Waals surface area contributed by atoms with E-state index in [1.54, 1.807) is 4.90 Å². The number of amides is 1. The minimum Gasteiger partial charge on any atom is -0.350 e. The highest BCUT2D eigenvalue weighted by Gasteiger charge is 2.31. The number of hydrogen-bond donors (Lipinski definition) is 1. The SMILES string of the molecule is O=C(C1=CC(F)=C([N+](=O)[O-])CC1)N1CC[C@@H](Nc2ncc(Cl)cn2)C1. The molecule has 1 aliphatic carbocycles. The highest BCUT2D eigenvalue weighted by molar-refractivity contribution is 6.30. The molecule has 3 rings (SSSR count). The lowest BCUT2D eigenvalue weighted by atomic mass is 10.0. The highest BCUT2D eigenvalue weighted by Crippen LogP contribution is 2.27. The zero-order valence-electron chi connectivity index (χ0n) is 13.1. The second kappa shape index (κ2) is 7.14. The van der Waals surface area contributed by atoms with Crippen molar-refractivity contribution in [1.29, 1.82) is 0 Å². The summed E-state index contributed by atoms with van der Waals surface area (Å²) in [6.45, 7) is 0.935. The Bertz CT molecular complexity index is 765. The second-order valence-corrected chi connectivity index (χ2v) is 6.26. The van der Waals surface area contributed by atoms with Crippen molar-refractivity contribution in [3.63, 3.8) is 0 Å². The lowest BCUT2D eigenvalue weighted by Crippen LogP contribution is -2.33. The summed E-state index contributed by atoms with van der Waals surface area (Å²) < 4.78 is 13.7. The van der Waals surface area contributed by atoms with E-state index in [2.05, 4.69) is 15.3 Å². The summed E-state index contributed by atoms with van der Waals surface area (Å²) in [5.41, 5.74) is -0.219. The van der Waals surface area contributed by atoms with Crippen LogP contribution in [0.25, 0.3) is 0 Å². The predicted molar refractivity (Wildman–Crippen MR) is 88.1 cm³/mol. The van der Waals surface area contributed by atoms with Crippen LogP contribution in [0, 0.1) is 10.1 Å². The number of nitro groups is 1. The number of carbonyl (C=O) groups excluding carboxylic acids is 1. The zero-order chi connectivity index (χ0) is 18.0. The summed E-state index contributed by atoms with van der Waals surface area (Å²) in [5, 5.41) is 14.2. The van der Waals surface area contributed by atoms with E-state index >= 15 is 0 Å². The van der Waals surface area contributed by atoms with E-state index in [1.807, 2.05) is 0 Å². The minimum absolute atomic E-state index is 0.0240. The number of nitrogens with one attached hydrogen (secondary N) is 1. The van der Waals surface area contributed by atoms with Crippen LogP contribution in [0.1, 0.15) is 19.3 Å². The molecule has 0 bridgehead atoms. The van der Waals surface area contributed by atoms with Crippen molar-refractivity contribution in [1.82, 2.24) is 14.9 Å². The molecule has 8 nitrogen and oxygen atoms in total. The molecule has 132 valence electrons. The summed E-state index contributed by atoms with van der Waals surface area (Å²) in [5.74, 6) is -0.813. The molecule has 0 aromatic carbocycles. The Balaban J connectivity index is 1.62. The summed E-state index contributed by atoms with van der Waals surface area (Å²) in [6.07, 6.45) is 4.71. The number of nitrogens with zero attached hydrogens (tertiary/aromatic N) is 4. The second-order valence-electron chi connectivity index (χ2n) is 5.83. The van der Waals surface area contributed by atoms with E-state index in [9.17, 15) is 19.3 Å². The summed E-state index contributed by atoms with van der Waals surface area (Å²) >= 11 is 5.73. The van der Waals surface area contributed by atoms with Gasteiger partial charge in [0.15, 0.2) is 5.83 Å². The van der Waals surface area contributed by atoms with Gasteiger partial charge in [-0.15, -0.1) is 0 Å². The Morgan fingerprint density at radius 2 is 2.12 bits per heavy atom. The standard InChI is InChI=1S/C15H15ClFN5O3/c16-10-6-18-15(19-7-10)20-11-3-4-21(8-11)14(23)9-1-2-13(22(24)25)12(17)5-9/h5-7,11H,1-4,8H2,(H,18,19,20)/t11-/m1/s1. The maximum atomic E-state index is 13.7. The molecule has 1 aromatic rings. The third kappa shape index (κ3) is 3.93. The number of aromatic nitrogens is 2. The van der Waals surface area contributed by atoms with Gasteiger partial charge in [-0.05, 0) is 18.9 Å². The molecule has 1 saturated heterocycles. The van der Waals surface area contributed by atoms with Crippen LogP contribution in [0.15, 0.2) is 35.6 Å². The Labute approximate surface area is 147 Å². The molecule has 0 unspecified atom stereocenters. The zero-order valence-corrected chi connectivity index (χ0v) is 13.9. The molecular formula is C15H15ClFN5O3. The van der Waals surface area contributed by atoms with Gasteiger partial charge in [0.2, 0.25) is 11.9 Å². The molecule has 25 heavy (non-hydrogen) atoms. The lowest BCUT2D eigenvalue weighted by Gasteiger charge is -2.20. The molecule has 1 fully saturated rings. The summed E-state index contributed by atoms with van der Waals surface area (Å²) in [7, 11) is 0. The van der Waals surface area contributed by atoms with Crippen LogP contribution in [-0.4, -0.2) is 44.8 Å². The van der Waals surface area contributed by atoms with E-state index in [-0.39, 0.29) is 30.4 Å². The molecule has 1 amide bonds. The number of halogens is 2. The highest BCUT2D eigenvalue weighted by atomic mass is 35.5. The van der Waals surface area contributed by atoms with E-state index in [0.29, 0.717) is 30.5 Å². The first kappa shape index (κ1) is 17.3. The van der Waals surface area contributed by atoms with Gasteiger partial charge in [0.1, 0.15) is 0 Å². The summed E-state index contributed by atoms with van der Waals surface area (Å²) in [6, 6.07) is -0.0240. The minimum atomic E-state index is -0.942. The van der Waals surface area contributed by atoms with Crippen molar-refractivity contribution >= 4 is 23.5 Å². The smallest absolute Gasteiger partial charge is 0.281 e.